The van der Waals surface area contributed by atoms with Crippen LogP contribution in [-0.2, 0) is 7.05 Å². The molecule has 2 amide bonds. The summed E-state index contributed by atoms with van der Waals surface area (Å²) < 4.78 is 1.79. The van der Waals surface area contributed by atoms with Gasteiger partial charge in [-0.1, -0.05) is 39.0 Å². The topological polar surface area (TPSA) is 102 Å². The van der Waals surface area contributed by atoms with Gasteiger partial charge in [-0.15, -0.1) is 0 Å². The number of pyridine rings is 2. The second kappa shape index (κ2) is 12.6. The molecule has 3 aromatic rings. The fourth-order valence-corrected chi connectivity index (χ4v) is 4.93. The van der Waals surface area contributed by atoms with Crippen molar-refractivity contribution >= 4 is 29.2 Å². The number of rotatable bonds is 10. The molecule has 8 heteroatoms. The average molecular weight is 515 g/mol. The summed E-state index contributed by atoms with van der Waals surface area (Å²) in [5.74, 6) is 0.245. The molecule has 0 aliphatic heterocycles. The van der Waals surface area contributed by atoms with E-state index in [-0.39, 0.29) is 11.8 Å². The van der Waals surface area contributed by atoms with Crippen LogP contribution in [0.25, 0.3) is 11.6 Å². The molecule has 0 unspecified atom stereocenters. The predicted octanol–water partition coefficient (Wildman–Crippen LogP) is 5.73. The summed E-state index contributed by atoms with van der Waals surface area (Å²) >= 11 is 0. The highest BCUT2D eigenvalue weighted by Gasteiger charge is 2.17. The molecule has 0 spiro atoms. The van der Waals surface area contributed by atoms with Gasteiger partial charge in [0.05, 0.1) is 28.7 Å². The Hall–Kier alpha value is -3.81. The van der Waals surface area contributed by atoms with Gasteiger partial charge in [-0.3, -0.25) is 24.2 Å². The van der Waals surface area contributed by atoms with E-state index >= 15 is 0 Å². The second-order valence-corrected chi connectivity index (χ2v) is 10.2. The van der Waals surface area contributed by atoms with E-state index in [1.165, 1.54) is 25.7 Å². The fraction of sp³-hybridized carbons (Fsp3) is 0.433. The summed E-state index contributed by atoms with van der Waals surface area (Å²) in [6, 6.07) is 3.54. The molecular formula is C30H38N6O2. The number of nitrogens with zero attached hydrogens (tertiary/aromatic N) is 4. The fourth-order valence-electron chi connectivity index (χ4n) is 4.93. The molecule has 3 aromatic heterocycles. The van der Waals surface area contributed by atoms with Gasteiger partial charge in [0.25, 0.3) is 11.8 Å². The van der Waals surface area contributed by atoms with Crippen LogP contribution in [0.3, 0.4) is 0 Å². The minimum atomic E-state index is -0.297. The highest BCUT2D eigenvalue weighted by Crippen LogP contribution is 2.27. The Morgan fingerprint density at radius 1 is 1.00 bits per heavy atom. The normalized spacial score (nSPS) is 14.1. The molecule has 0 radical (unpaired) electrons. The van der Waals surface area contributed by atoms with E-state index < -0.39 is 0 Å². The van der Waals surface area contributed by atoms with Crippen molar-refractivity contribution in [3.8, 4) is 0 Å². The van der Waals surface area contributed by atoms with E-state index in [1.807, 2.05) is 39.4 Å². The summed E-state index contributed by atoms with van der Waals surface area (Å²) in [6.07, 6.45) is 17.1. The van der Waals surface area contributed by atoms with Gasteiger partial charge in [-0.25, -0.2) is 0 Å². The van der Waals surface area contributed by atoms with Crippen molar-refractivity contribution in [2.75, 3.05) is 11.9 Å². The Morgan fingerprint density at radius 3 is 2.39 bits per heavy atom. The first-order chi connectivity index (χ1) is 18.3. The van der Waals surface area contributed by atoms with Crippen LogP contribution in [0.15, 0.2) is 36.9 Å². The Bertz CT molecular complexity index is 1320. The summed E-state index contributed by atoms with van der Waals surface area (Å²) in [6.45, 7) is 6.54. The third kappa shape index (κ3) is 6.94. The summed E-state index contributed by atoms with van der Waals surface area (Å²) in [5.41, 5.74) is 5.96. The van der Waals surface area contributed by atoms with Crippen molar-refractivity contribution < 1.29 is 9.59 Å². The molecule has 1 fully saturated rings. The first-order valence-electron chi connectivity index (χ1n) is 13.6. The summed E-state index contributed by atoms with van der Waals surface area (Å²) in [7, 11) is 1.90. The third-order valence-electron chi connectivity index (χ3n) is 7.22. The van der Waals surface area contributed by atoms with Gasteiger partial charge in [0.2, 0.25) is 0 Å². The van der Waals surface area contributed by atoms with Crippen LogP contribution >= 0.6 is 0 Å². The lowest BCUT2D eigenvalue weighted by Crippen LogP contribution is -2.26. The molecular weight excluding hydrogens is 476 g/mol. The van der Waals surface area contributed by atoms with E-state index in [2.05, 4.69) is 38.7 Å². The lowest BCUT2D eigenvalue weighted by molar-refractivity contribution is 0.0949. The predicted molar refractivity (Wildman–Crippen MR) is 151 cm³/mol. The van der Waals surface area contributed by atoms with Gasteiger partial charge in [-0.2, -0.15) is 5.10 Å². The first kappa shape index (κ1) is 27.2. The molecule has 2 N–H and O–H groups in total. The Labute approximate surface area is 225 Å². The number of hydrogen-bond donors (Lipinski definition) is 2. The van der Waals surface area contributed by atoms with Crippen molar-refractivity contribution in [3.05, 3.63) is 70.6 Å². The highest BCUT2D eigenvalue weighted by molar-refractivity contribution is 6.05. The van der Waals surface area contributed by atoms with E-state index in [9.17, 15) is 9.59 Å². The molecule has 8 nitrogen and oxygen atoms in total. The molecule has 3 heterocycles. The molecule has 38 heavy (non-hydrogen) atoms. The maximum atomic E-state index is 13.2. The number of aromatic nitrogens is 4. The van der Waals surface area contributed by atoms with Crippen LogP contribution in [-0.4, -0.2) is 38.1 Å². The largest absolute Gasteiger partial charge is 0.352 e. The molecule has 0 saturated heterocycles. The molecule has 200 valence electrons. The van der Waals surface area contributed by atoms with Crippen molar-refractivity contribution in [2.45, 2.75) is 65.7 Å². The number of carbonyl (C=O) groups is 2. The molecule has 1 saturated carbocycles. The number of hydrogen-bond acceptors (Lipinski definition) is 5. The van der Waals surface area contributed by atoms with Crippen LogP contribution < -0.4 is 10.6 Å². The van der Waals surface area contributed by atoms with Gasteiger partial charge in [-0.05, 0) is 62.0 Å². The van der Waals surface area contributed by atoms with Crippen LogP contribution in [0.2, 0.25) is 0 Å². The van der Waals surface area contributed by atoms with E-state index in [1.54, 1.807) is 23.1 Å². The summed E-state index contributed by atoms with van der Waals surface area (Å²) in [5, 5.41) is 10.2. The maximum absolute atomic E-state index is 13.2. The van der Waals surface area contributed by atoms with Gasteiger partial charge in [0, 0.05) is 43.4 Å². The zero-order valence-electron chi connectivity index (χ0n) is 22.9. The van der Waals surface area contributed by atoms with Crippen LogP contribution in [0.5, 0.6) is 0 Å². The minimum absolute atomic E-state index is 0.172. The number of allylic oxidation sites excluding steroid dienone is 1. The smallest absolute Gasteiger partial charge is 0.257 e. The van der Waals surface area contributed by atoms with Crippen LogP contribution in [0.1, 0.15) is 95.1 Å². The van der Waals surface area contributed by atoms with E-state index in [0.29, 0.717) is 35.0 Å². The lowest BCUT2D eigenvalue weighted by atomic mass is 10.00. The quantitative estimate of drug-likeness (QED) is 0.360. The van der Waals surface area contributed by atoms with Gasteiger partial charge >= 0.3 is 0 Å². The van der Waals surface area contributed by atoms with Crippen molar-refractivity contribution in [3.63, 3.8) is 0 Å². The minimum Gasteiger partial charge on any atom is -0.352 e. The number of carbonyl (C=O) groups excluding carboxylic acids is 2. The molecule has 0 atom stereocenters. The van der Waals surface area contributed by atoms with Gasteiger partial charge < -0.3 is 10.6 Å². The SMILES string of the molecule is CCC/C(=C\c1cc(C(=O)Nc2cc(C(=O)NCCC3CCCC3)cnc2C)cnc1C)c1cnn(C)c1. The highest BCUT2D eigenvalue weighted by atomic mass is 16.2. The van der Waals surface area contributed by atoms with Crippen molar-refractivity contribution in [1.29, 1.82) is 0 Å². The van der Waals surface area contributed by atoms with E-state index in [4.69, 9.17) is 0 Å². The maximum Gasteiger partial charge on any atom is 0.257 e. The Balaban J connectivity index is 1.48. The number of aryl methyl sites for hydroxylation is 3. The van der Waals surface area contributed by atoms with E-state index in [0.717, 1.165) is 41.7 Å². The molecule has 1 aliphatic carbocycles. The number of anilines is 1. The zero-order chi connectivity index (χ0) is 27.1. The summed E-state index contributed by atoms with van der Waals surface area (Å²) in [4.78, 5) is 34.7. The monoisotopic (exact) mass is 514 g/mol. The average Bonchev–Trinajstić information content (AvgIpc) is 3.58. The van der Waals surface area contributed by atoms with Crippen molar-refractivity contribution in [2.24, 2.45) is 13.0 Å². The first-order valence-corrected chi connectivity index (χ1v) is 13.6. The molecule has 0 aromatic carbocycles. The molecule has 4 rings (SSSR count). The Morgan fingerprint density at radius 2 is 1.71 bits per heavy atom. The zero-order valence-corrected chi connectivity index (χ0v) is 22.9. The molecule has 0 bridgehead atoms. The number of amides is 2. The van der Waals surface area contributed by atoms with Gasteiger partial charge in [0.15, 0.2) is 0 Å². The van der Waals surface area contributed by atoms with Gasteiger partial charge in [0.1, 0.15) is 0 Å². The lowest BCUT2D eigenvalue weighted by Gasteiger charge is -2.12. The standard InChI is InChI=1S/C30H38N6O2/c1-5-8-23(27-18-34-36(4)19-27)13-24-14-25(16-32-20(24)2)30(38)35-28-15-26(17-33-21(28)3)29(37)31-12-11-22-9-6-7-10-22/h13-19,22H,5-12H2,1-4H3,(H,31,37)(H,35,38)/b23-13+. The van der Waals surface area contributed by atoms with Crippen LogP contribution in [0, 0.1) is 19.8 Å². The second-order valence-electron chi connectivity index (χ2n) is 10.2. The third-order valence-corrected chi connectivity index (χ3v) is 7.22. The molecule has 1 aliphatic rings. The van der Waals surface area contributed by atoms with Crippen LogP contribution in [0.4, 0.5) is 5.69 Å². The van der Waals surface area contributed by atoms with Crippen molar-refractivity contribution in [1.82, 2.24) is 25.1 Å². The number of nitrogens with one attached hydrogen (secondary N) is 2. The Kier molecular flexibility index (Phi) is 9.05.